The van der Waals surface area contributed by atoms with Crippen LogP contribution in [0.1, 0.15) is 61.8 Å². The van der Waals surface area contributed by atoms with Crippen LogP contribution in [0.25, 0.3) is 0 Å². The molecule has 0 aliphatic heterocycles. The van der Waals surface area contributed by atoms with Crippen molar-refractivity contribution in [3.05, 3.63) is 34.9 Å². The van der Waals surface area contributed by atoms with E-state index in [1.54, 1.807) is 0 Å². The van der Waals surface area contributed by atoms with Gasteiger partial charge in [0.25, 0.3) is 0 Å². The van der Waals surface area contributed by atoms with E-state index in [9.17, 15) is 0 Å². The lowest BCUT2D eigenvalue weighted by Gasteiger charge is -2.26. The predicted octanol–water partition coefficient (Wildman–Crippen LogP) is 4.16. The Balaban J connectivity index is 1.89. The van der Waals surface area contributed by atoms with Crippen LogP contribution in [0.2, 0.25) is 0 Å². The van der Waals surface area contributed by atoms with Crippen molar-refractivity contribution in [2.45, 2.75) is 65.0 Å². The van der Waals surface area contributed by atoms with Gasteiger partial charge in [0.2, 0.25) is 0 Å². The van der Waals surface area contributed by atoms with E-state index in [0.29, 0.717) is 6.04 Å². The van der Waals surface area contributed by atoms with Crippen LogP contribution in [0.4, 0.5) is 0 Å². The minimum absolute atomic E-state index is 0.249. The van der Waals surface area contributed by atoms with Crippen LogP contribution in [-0.2, 0) is 0 Å². The lowest BCUT2D eigenvalue weighted by Crippen LogP contribution is -2.43. The molecule has 0 amide bonds. The lowest BCUT2D eigenvalue weighted by atomic mass is 9.96. The van der Waals surface area contributed by atoms with Gasteiger partial charge in [-0.25, -0.2) is 0 Å². The zero-order valence-electron chi connectivity index (χ0n) is 12.8. The molecule has 1 atom stereocenters. The highest BCUT2D eigenvalue weighted by Gasteiger charge is 2.15. The van der Waals surface area contributed by atoms with Gasteiger partial charge in [-0.05, 0) is 57.0 Å². The molecule has 1 aromatic rings. The molecule has 3 heteroatoms. The Kier molecular flexibility index (Phi) is 5.41. The fourth-order valence-corrected chi connectivity index (χ4v) is 3.40. The molecular formula is C17H26N2S. The van der Waals surface area contributed by atoms with Gasteiger partial charge >= 0.3 is 0 Å². The maximum absolute atomic E-state index is 5.46. The largest absolute Gasteiger partial charge is 0.360 e. The van der Waals surface area contributed by atoms with Gasteiger partial charge < -0.3 is 10.6 Å². The molecule has 2 N–H and O–H groups in total. The number of nitrogens with one attached hydrogen (secondary N) is 2. The van der Waals surface area contributed by atoms with Crippen molar-refractivity contribution in [1.29, 1.82) is 0 Å². The summed E-state index contributed by atoms with van der Waals surface area (Å²) in [5.41, 5.74) is 3.95. The van der Waals surface area contributed by atoms with Crippen LogP contribution in [0, 0.1) is 13.8 Å². The molecule has 110 valence electrons. The third-order valence-corrected chi connectivity index (χ3v) is 4.42. The van der Waals surface area contributed by atoms with Crippen LogP contribution < -0.4 is 10.6 Å². The Morgan fingerprint density at radius 2 is 1.90 bits per heavy atom. The summed E-state index contributed by atoms with van der Waals surface area (Å²) in [6.07, 6.45) is 6.52. The average Bonchev–Trinajstić information content (AvgIpc) is 2.39. The van der Waals surface area contributed by atoms with Gasteiger partial charge in [0.1, 0.15) is 0 Å². The molecule has 0 heterocycles. The van der Waals surface area contributed by atoms with Crippen molar-refractivity contribution in [2.75, 3.05) is 0 Å². The van der Waals surface area contributed by atoms with Gasteiger partial charge in [-0.3, -0.25) is 0 Å². The first kappa shape index (κ1) is 15.3. The number of rotatable bonds is 3. The monoisotopic (exact) mass is 290 g/mol. The quantitative estimate of drug-likeness (QED) is 0.817. The normalized spacial score (nSPS) is 17.6. The second kappa shape index (κ2) is 7.07. The summed E-state index contributed by atoms with van der Waals surface area (Å²) in [7, 11) is 0. The second-order valence-electron chi connectivity index (χ2n) is 6.03. The van der Waals surface area contributed by atoms with Crippen molar-refractivity contribution in [2.24, 2.45) is 0 Å². The van der Waals surface area contributed by atoms with E-state index in [4.69, 9.17) is 12.2 Å². The summed E-state index contributed by atoms with van der Waals surface area (Å²) in [5.74, 6) is 0. The molecule has 2 nitrogen and oxygen atoms in total. The molecule has 20 heavy (non-hydrogen) atoms. The molecule has 0 bridgehead atoms. The fraction of sp³-hybridized carbons (Fsp3) is 0.588. The number of benzene rings is 1. The lowest BCUT2D eigenvalue weighted by molar-refractivity contribution is 0.411. The second-order valence-corrected chi connectivity index (χ2v) is 6.44. The Bertz CT molecular complexity index is 464. The van der Waals surface area contributed by atoms with Gasteiger partial charge in [0, 0.05) is 6.04 Å². The standard InChI is InChI=1S/C17H26N2S/c1-12-9-10-16(13(2)11-12)14(3)18-17(20)19-15-7-5-4-6-8-15/h9-11,14-15H,4-8H2,1-3H3,(H2,18,19,20)/t14-/m1/s1. The predicted molar refractivity (Wildman–Crippen MR) is 90.1 cm³/mol. The highest BCUT2D eigenvalue weighted by molar-refractivity contribution is 7.80. The average molecular weight is 290 g/mol. The molecular weight excluding hydrogens is 264 g/mol. The number of aryl methyl sites for hydroxylation is 2. The van der Waals surface area contributed by atoms with E-state index in [2.05, 4.69) is 49.6 Å². The first-order chi connectivity index (χ1) is 9.56. The van der Waals surface area contributed by atoms with E-state index in [0.717, 1.165) is 5.11 Å². The molecule has 0 saturated heterocycles. The molecule has 0 radical (unpaired) electrons. The van der Waals surface area contributed by atoms with Crippen LogP contribution in [-0.4, -0.2) is 11.2 Å². The number of hydrogen-bond donors (Lipinski definition) is 2. The van der Waals surface area contributed by atoms with E-state index < -0.39 is 0 Å². The maximum Gasteiger partial charge on any atom is 0.166 e. The first-order valence-corrected chi connectivity index (χ1v) is 8.11. The van der Waals surface area contributed by atoms with Crippen LogP contribution >= 0.6 is 12.2 Å². The highest BCUT2D eigenvalue weighted by atomic mass is 32.1. The van der Waals surface area contributed by atoms with E-state index in [1.807, 2.05) is 0 Å². The third-order valence-electron chi connectivity index (χ3n) is 4.18. The van der Waals surface area contributed by atoms with Crippen molar-refractivity contribution < 1.29 is 0 Å². The Hall–Kier alpha value is -1.09. The minimum Gasteiger partial charge on any atom is -0.360 e. The van der Waals surface area contributed by atoms with Gasteiger partial charge in [-0.15, -0.1) is 0 Å². The van der Waals surface area contributed by atoms with Crippen molar-refractivity contribution in [3.63, 3.8) is 0 Å². The maximum atomic E-state index is 5.46. The highest BCUT2D eigenvalue weighted by Crippen LogP contribution is 2.19. The molecule has 0 unspecified atom stereocenters. The van der Waals surface area contributed by atoms with Crippen molar-refractivity contribution >= 4 is 17.3 Å². The topological polar surface area (TPSA) is 24.1 Å². The summed E-state index contributed by atoms with van der Waals surface area (Å²) in [6, 6.07) is 7.41. The van der Waals surface area contributed by atoms with Crippen LogP contribution in [0.3, 0.4) is 0 Å². The Morgan fingerprint density at radius 3 is 2.55 bits per heavy atom. The van der Waals surface area contributed by atoms with Gasteiger partial charge in [-0.2, -0.15) is 0 Å². The van der Waals surface area contributed by atoms with E-state index in [-0.39, 0.29) is 6.04 Å². The molecule has 2 rings (SSSR count). The molecule has 1 saturated carbocycles. The summed E-state index contributed by atoms with van der Waals surface area (Å²) in [4.78, 5) is 0. The van der Waals surface area contributed by atoms with Gasteiger partial charge in [0.05, 0.1) is 6.04 Å². The zero-order chi connectivity index (χ0) is 14.5. The molecule has 1 aliphatic rings. The first-order valence-electron chi connectivity index (χ1n) is 7.70. The van der Waals surface area contributed by atoms with Crippen molar-refractivity contribution in [1.82, 2.24) is 10.6 Å². The third kappa shape index (κ3) is 4.20. The molecule has 1 fully saturated rings. The summed E-state index contributed by atoms with van der Waals surface area (Å²) in [5, 5.41) is 7.69. The smallest absolute Gasteiger partial charge is 0.166 e. The molecule has 1 aromatic carbocycles. The Labute approximate surface area is 128 Å². The number of thiocarbonyl (C=S) groups is 1. The summed E-state index contributed by atoms with van der Waals surface area (Å²) < 4.78 is 0. The fourth-order valence-electron chi connectivity index (χ4n) is 3.06. The van der Waals surface area contributed by atoms with Crippen LogP contribution in [0.15, 0.2) is 18.2 Å². The van der Waals surface area contributed by atoms with Gasteiger partial charge in [-0.1, -0.05) is 43.0 Å². The molecule has 0 spiro atoms. The molecule has 0 aromatic heterocycles. The van der Waals surface area contributed by atoms with Crippen LogP contribution in [0.5, 0.6) is 0 Å². The zero-order valence-corrected chi connectivity index (χ0v) is 13.6. The minimum atomic E-state index is 0.249. The number of hydrogen-bond acceptors (Lipinski definition) is 1. The summed E-state index contributed by atoms with van der Waals surface area (Å²) in [6.45, 7) is 6.47. The molecule has 1 aliphatic carbocycles. The Morgan fingerprint density at radius 1 is 1.20 bits per heavy atom. The van der Waals surface area contributed by atoms with Crippen molar-refractivity contribution in [3.8, 4) is 0 Å². The SMILES string of the molecule is Cc1ccc([C@@H](C)NC(=S)NC2CCCCC2)c(C)c1. The van der Waals surface area contributed by atoms with E-state index in [1.165, 1.54) is 48.8 Å². The van der Waals surface area contributed by atoms with Gasteiger partial charge in [0.15, 0.2) is 5.11 Å². The summed E-state index contributed by atoms with van der Waals surface area (Å²) >= 11 is 5.46. The van der Waals surface area contributed by atoms with E-state index >= 15 is 0 Å².